The van der Waals surface area contributed by atoms with Crippen LogP contribution in [-0.4, -0.2) is 43.5 Å². The summed E-state index contributed by atoms with van der Waals surface area (Å²) in [6.07, 6.45) is 0. The quantitative estimate of drug-likeness (QED) is 0.760. The number of aryl methyl sites for hydroxylation is 2. The molecule has 0 aliphatic carbocycles. The fraction of sp³-hybridized carbons (Fsp3) is 0.364. The van der Waals surface area contributed by atoms with Crippen LogP contribution >= 0.6 is 0 Å². The van der Waals surface area contributed by atoms with Crippen molar-refractivity contribution < 1.29 is 19.1 Å². The van der Waals surface area contributed by atoms with E-state index in [1.54, 1.807) is 21.1 Å². The number of ether oxygens (including phenoxy) is 2. The highest BCUT2D eigenvalue weighted by atomic mass is 16.5. The number of benzene rings is 2. The molecule has 0 saturated carbocycles. The van der Waals surface area contributed by atoms with Gasteiger partial charge in [0.2, 0.25) is 5.91 Å². The highest BCUT2D eigenvalue weighted by molar-refractivity contribution is 5.87. The van der Waals surface area contributed by atoms with E-state index < -0.39 is 6.04 Å². The molecule has 1 N–H and O–H groups in total. The van der Waals surface area contributed by atoms with Crippen LogP contribution < -0.4 is 14.8 Å². The molecule has 6 heteroatoms. The molecule has 150 valence electrons. The number of hydrogen-bond acceptors (Lipinski definition) is 4. The van der Waals surface area contributed by atoms with Gasteiger partial charge in [0, 0.05) is 13.6 Å². The first-order valence-corrected chi connectivity index (χ1v) is 9.19. The molecule has 0 saturated heterocycles. The number of likely N-dealkylation sites (N-methyl/N-ethyl adjacent to an activating group) is 1. The largest absolute Gasteiger partial charge is 0.497 e. The van der Waals surface area contributed by atoms with Crippen molar-refractivity contribution in [3.63, 3.8) is 0 Å². The van der Waals surface area contributed by atoms with E-state index >= 15 is 0 Å². The second kappa shape index (κ2) is 9.78. The van der Waals surface area contributed by atoms with Crippen LogP contribution in [0.4, 0.5) is 0 Å². The zero-order chi connectivity index (χ0) is 20.7. The lowest BCUT2D eigenvalue weighted by atomic mass is 10.1. The van der Waals surface area contributed by atoms with Gasteiger partial charge < -0.3 is 19.7 Å². The zero-order valence-corrected chi connectivity index (χ0v) is 17.1. The summed E-state index contributed by atoms with van der Waals surface area (Å²) in [5.41, 5.74) is 3.00. The van der Waals surface area contributed by atoms with Crippen LogP contribution in [0.15, 0.2) is 42.5 Å². The zero-order valence-electron chi connectivity index (χ0n) is 17.1. The van der Waals surface area contributed by atoms with Gasteiger partial charge >= 0.3 is 0 Å². The first-order chi connectivity index (χ1) is 13.3. The van der Waals surface area contributed by atoms with Crippen molar-refractivity contribution in [1.29, 1.82) is 0 Å². The van der Waals surface area contributed by atoms with Crippen LogP contribution in [0.1, 0.15) is 23.6 Å². The molecule has 2 amide bonds. The summed E-state index contributed by atoms with van der Waals surface area (Å²) in [6.45, 7) is 5.79. The number of rotatable bonds is 8. The van der Waals surface area contributed by atoms with Gasteiger partial charge in [0.15, 0.2) is 6.61 Å². The lowest BCUT2D eigenvalue weighted by Crippen LogP contribution is -2.48. The highest BCUT2D eigenvalue weighted by Gasteiger charge is 2.26. The SMILES string of the molecule is CNC(=O)[C@H](C)N(Cc1cccc(OC)c1)C(=O)COc1cc(C)cc(C)c1. The molecule has 0 aliphatic rings. The van der Waals surface area contributed by atoms with Crippen LogP contribution in [0.5, 0.6) is 11.5 Å². The van der Waals surface area contributed by atoms with Gasteiger partial charge in [-0.15, -0.1) is 0 Å². The highest BCUT2D eigenvalue weighted by Crippen LogP contribution is 2.18. The van der Waals surface area contributed by atoms with E-state index in [-0.39, 0.29) is 25.0 Å². The molecular formula is C22H28N2O4. The molecule has 28 heavy (non-hydrogen) atoms. The molecule has 2 aromatic rings. The van der Waals surface area contributed by atoms with Gasteiger partial charge in [-0.3, -0.25) is 9.59 Å². The standard InChI is InChI=1S/C22H28N2O4/c1-15-9-16(2)11-20(10-15)28-14-21(25)24(17(3)22(26)23-4)13-18-7-6-8-19(12-18)27-5/h6-12,17H,13-14H2,1-5H3,(H,23,26)/t17-/m0/s1. The maximum absolute atomic E-state index is 12.9. The fourth-order valence-electron chi connectivity index (χ4n) is 3.00. The molecule has 1 atom stereocenters. The minimum atomic E-state index is -0.633. The third-order valence-corrected chi connectivity index (χ3v) is 4.46. The summed E-state index contributed by atoms with van der Waals surface area (Å²) >= 11 is 0. The van der Waals surface area contributed by atoms with Gasteiger partial charge in [0.05, 0.1) is 7.11 Å². The van der Waals surface area contributed by atoms with Crippen molar-refractivity contribution in [3.8, 4) is 11.5 Å². The predicted octanol–water partition coefficient (Wildman–Crippen LogP) is 2.85. The third-order valence-electron chi connectivity index (χ3n) is 4.46. The van der Waals surface area contributed by atoms with Gasteiger partial charge in [-0.1, -0.05) is 18.2 Å². The number of nitrogens with zero attached hydrogens (tertiary/aromatic N) is 1. The number of methoxy groups -OCH3 is 1. The van der Waals surface area contributed by atoms with Crippen LogP contribution in [0.2, 0.25) is 0 Å². The average molecular weight is 384 g/mol. The van der Waals surface area contributed by atoms with Crippen molar-refractivity contribution >= 4 is 11.8 Å². The maximum atomic E-state index is 12.9. The smallest absolute Gasteiger partial charge is 0.261 e. The van der Waals surface area contributed by atoms with Crippen molar-refractivity contribution in [2.45, 2.75) is 33.4 Å². The second-order valence-electron chi connectivity index (χ2n) is 6.78. The minimum absolute atomic E-state index is 0.145. The number of nitrogens with one attached hydrogen (secondary N) is 1. The Balaban J connectivity index is 2.17. The van der Waals surface area contributed by atoms with Crippen LogP contribution in [-0.2, 0) is 16.1 Å². The van der Waals surface area contributed by atoms with E-state index in [0.717, 1.165) is 16.7 Å². The number of amides is 2. The first-order valence-electron chi connectivity index (χ1n) is 9.19. The summed E-state index contributed by atoms with van der Waals surface area (Å²) in [4.78, 5) is 26.6. The molecule has 0 fully saturated rings. The lowest BCUT2D eigenvalue weighted by molar-refractivity contribution is -0.142. The fourth-order valence-corrected chi connectivity index (χ4v) is 3.00. The van der Waals surface area contributed by atoms with Crippen molar-refractivity contribution in [3.05, 3.63) is 59.2 Å². The van der Waals surface area contributed by atoms with Gasteiger partial charge in [0.1, 0.15) is 17.5 Å². The third kappa shape index (κ3) is 5.74. The van der Waals surface area contributed by atoms with Gasteiger partial charge in [-0.05, 0) is 61.7 Å². The van der Waals surface area contributed by atoms with Crippen LogP contribution in [0, 0.1) is 13.8 Å². The Hall–Kier alpha value is -3.02. The van der Waals surface area contributed by atoms with Gasteiger partial charge in [-0.25, -0.2) is 0 Å². The summed E-state index contributed by atoms with van der Waals surface area (Å²) in [5.74, 6) is 0.837. The molecule has 0 radical (unpaired) electrons. The maximum Gasteiger partial charge on any atom is 0.261 e. The van der Waals surface area contributed by atoms with Crippen molar-refractivity contribution in [2.24, 2.45) is 0 Å². The molecule has 2 aromatic carbocycles. The van der Waals surface area contributed by atoms with E-state index in [0.29, 0.717) is 11.5 Å². The lowest BCUT2D eigenvalue weighted by Gasteiger charge is -2.28. The van der Waals surface area contributed by atoms with Crippen LogP contribution in [0.25, 0.3) is 0 Å². The predicted molar refractivity (Wildman–Crippen MR) is 108 cm³/mol. The Bertz CT molecular complexity index is 815. The Morgan fingerprint density at radius 2 is 1.75 bits per heavy atom. The summed E-state index contributed by atoms with van der Waals surface area (Å²) in [5, 5.41) is 2.60. The number of carbonyl (C=O) groups is 2. The Morgan fingerprint density at radius 1 is 1.07 bits per heavy atom. The molecular weight excluding hydrogens is 356 g/mol. The van der Waals surface area contributed by atoms with E-state index in [1.165, 1.54) is 4.90 Å². The summed E-state index contributed by atoms with van der Waals surface area (Å²) < 4.78 is 11.0. The number of carbonyl (C=O) groups excluding carboxylic acids is 2. The molecule has 0 spiro atoms. The van der Waals surface area contributed by atoms with Crippen LogP contribution in [0.3, 0.4) is 0 Å². The van der Waals surface area contributed by atoms with E-state index in [1.807, 2.05) is 56.3 Å². The average Bonchev–Trinajstić information content (AvgIpc) is 2.68. The van der Waals surface area contributed by atoms with E-state index in [9.17, 15) is 9.59 Å². The van der Waals surface area contributed by atoms with Crippen molar-refractivity contribution in [1.82, 2.24) is 10.2 Å². The minimum Gasteiger partial charge on any atom is -0.497 e. The molecule has 2 rings (SSSR count). The molecule has 0 heterocycles. The van der Waals surface area contributed by atoms with Gasteiger partial charge in [-0.2, -0.15) is 0 Å². The molecule has 0 aliphatic heterocycles. The Morgan fingerprint density at radius 3 is 2.36 bits per heavy atom. The molecule has 0 unspecified atom stereocenters. The van der Waals surface area contributed by atoms with Crippen molar-refractivity contribution in [2.75, 3.05) is 20.8 Å². The monoisotopic (exact) mass is 384 g/mol. The van der Waals surface area contributed by atoms with E-state index in [4.69, 9.17) is 9.47 Å². The molecule has 0 bridgehead atoms. The second-order valence-corrected chi connectivity index (χ2v) is 6.78. The number of hydrogen-bond donors (Lipinski definition) is 1. The summed E-state index contributed by atoms with van der Waals surface area (Å²) in [6, 6.07) is 12.6. The Kier molecular flexibility index (Phi) is 7.44. The summed E-state index contributed by atoms with van der Waals surface area (Å²) in [7, 11) is 3.14. The molecule has 0 aromatic heterocycles. The van der Waals surface area contributed by atoms with Gasteiger partial charge in [0.25, 0.3) is 5.91 Å². The first kappa shape index (κ1) is 21.3. The Labute approximate surface area is 166 Å². The normalized spacial score (nSPS) is 11.5. The molecule has 6 nitrogen and oxygen atoms in total. The van der Waals surface area contributed by atoms with E-state index in [2.05, 4.69) is 5.32 Å². The topological polar surface area (TPSA) is 67.9 Å².